The van der Waals surface area contributed by atoms with Crippen LogP contribution in [0.15, 0.2) is 41.0 Å². The molecule has 142 valence electrons. The van der Waals surface area contributed by atoms with Crippen LogP contribution >= 0.6 is 11.3 Å². The molecular formula is C18H22N6OS2. The number of thiazole rings is 1. The van der Waals surface area contributed by atoms with Crippen molar-refractivity contribution in [1.29, 1.82) is 4.78 Å². The third-order valence-electron chi connectivity index (χ3n) is 5.05. The van der Waals surface area contributed by atoms with E-state index in [9.17, 15) is 4.21 Å². The Bertz CT molecular complexity index is 1040. The number of anilines is 1. The minimum absolute atomic E-state index is 0.328. The summed E-state index contributed by atoms with van der Waals surface area (Å²) in [5.74, 6) is 0.638. The van der Waals surface area contributed by atoms with Gasteiger partial charge < -0.3 is 4.90 Å². The van der Waals surface area contributed by atoms with E-state index < -0.39 is 9.73 Å². The van der Waals surface area contributed by atoms with Crippen molar-refractivity contribution < 1.29 is 4.21 Å². The summed E-state index contributed by atoms with van der Waals surface area (Å²) in [7, 11) is -2.77. The Morgan fingerprint density at radius 3 is 2.52 bits per heavy atom. The number of hydrogen-bond donors (Lipinski definition) is 1. The van der Waals surface area contributed by atoms with Crippen LogP contribution in [0.4, 0.5) is 5.95 Å². The molecule has 1 aromatic carbocycles. The predicted octanol–water partition coefficient (Wildman–Crippen LogP) is 3.00. The van der Waals surface area contributed by atoms with Crippen molar-refractivity contribution in [3.05, 3.63) is 41.7 Å². The zero-order chi connectivity index (χ0) is 19.0. The monoisotopic (exact) mass is 402 g/mol. The van der Waals surface area contributed by atoms with Crippen LogP contribution in [-0.4, -0.2) is 56.5 Å². The fourth-order valence-corrected chi connectivity index (χ4v) is 4.50. The molecule has 4 rings (SSSR count). The van der Waals surface area contributed by atoms with Gasteiger partial charge in [-0.1, -0.05) is 6.07 Å². The van der Waals surface area contributed by atoms with Crippen molar-refractivity contribution in [3.8, 4) is 0 Å². The number of nitrogens with one attached hydrogen (secondary N) is 1. The van der Waals surface area contributed by atoms with Gasteiger partial charge in [0, 0.05) is 50.9 Å². The number of piperazine rings is 1. The van der Waals surface area contributed by atoms with Gasteiger partial charge in [-0.3, -0.25) is 4.90 Å². The minimum atomic E-state index is -2.77. The second-order valence-corrected chi connectivity index (χ2v) is 9.89. The highest BCUT2D eigenvalue weighted by Gasteiger charge is 2.23. The maximum atomic E-state index is 11.8. The first kappa shape index (κ1) is 18.3. The van der Waals surface area contributed by atoms with Gasteiger partial charge in [0.25, 0.3) is 0 Å². The highest BCUT2D eigenvalue weighted by atomic mass is 32.2. The van der Waals surface area contributed by atoms with Crippen LogP contribution in [-0.2, 0) is 9.73 Å². The van der Waals surface area contributed by atoms with Gasteiger partial charge >= 0.3 is 0 Å². The summed E-state index contributed by atoms with van der Waals surface area (Å²) in [6, 6.07) is 6.87. The lowest BCUT2D eigenvalue weighted by Gasteiger charge is -2.38. The highest BCUT2D eigenvalue weighted by Crippen LogP contribution is 2.27. The summed E-state index contributed by atoms with van der Waals surface area (Å²) in [6.45, 7) is 5.76. The number of nitrogens with zero attached hydrogens (tertiary/aromatic N) is 5. The molecule has 0 amide bonds. The third-order valence-corrected chi connectivity index (χ3v) is 6.97. The predicted molar refractivity (Wildman–Crippen MR) is 109 cm³/mol. The largest absolute Gasteiger partial charge is 0.338 e. The Kier molecular flexibility index (Phi) is 4.83. The maximum Gasteiger partial charge on any atom is 0.225 e. The number of aromatic nitrogens is 3. The van der Waals surface area contributed by atoms with Crippen molar-refractivity contribution in [2.45, 2.75) is 17.9 Å². The topological polar surface area (TPSA) is 86.1 Å². The van der Waals surface area contributed by atoms with E-state index in [2.05, 4.69) is 49.9 Å². The first-order valence-electron chi connectivity index (χ1n) is 8.80. The molecule has 2 aromatic heterocycles. The van der Waals surface area contributed by atoms with E-state index in [1.807, 2.05) is 5.51 Å². The van der Waals surface area contributed by atoms with E-state index in [1.54, 1.807) is 11.3 Å². The molecule has 27 heavy (non-hydrogen) atoms. The van der Waals surface area contributed by atoms with E-state index in [0.717, 1.165) is 31.7 Å². The molecule has 0 spiro atoms. The van der Waals surface area contributed by atoms with Crippen LogP contribution in [0.2, 0.25) is 0 Å². The van der Waals surface area contributed by atoms with Gasteiger partial charge in [-0.25, -0.2) is 23.9 Å². The van der Waals surface area contributed by atoms with Crippen LogP contribution in [0.25, 0.3) is 10.2 Å². The summed E-state index contributed by atoms with van der Waals surface area (Å²) in [6.07, 6.45) is 4.40. The number of hydrogen-bond acceptors (Lipinski definition) is 8. The first-order chi connectivity index (χ1) is 12.9. The SMILES string of the molecule is CC(c1ccc2scnc2c1)N1CCN(c2ncc([S@@](C)(=N)=O)cn2)CC1. The third kappa shape index (κ3) is 3.80. The lowest BCUT2D eigenvalue weighted by Crippen LogP contribution is -2.47. The van der Waals surface area contributed by atoms with E-state index in [-0.39, 0.29) is 0 Å². The lowest BCUT2D eigenvalue weighted by molar-refractivity contribution is 0.198. The van der Waals surface area contributed by atoms with E-state index in [0.29, 0.717) is 16.9 Å². The van der Waals surface area contributed by atoms with Gasteiger partial charge in [0.1, 0.15) is 0 Å². The van der Waals surface area contributed by atoms with Gasteiger partial charge in [0.05, 0.1) is 30.4 Å². The summed E-state index contributed by atoms with van der Waals surface area (Å²) < 4.78 is 20.6. The highest BCUT2D eigenvalue weighted by molar-refractivity contribution is 7.91. The van der Waals surface area contributed by atoms with Crippen molar-refractivity contribution >= 4 is 37.2 Å². The molecule has 1 fully saturated rings. The van der Waals surface area contributed by atoms with Gasteiger partial charge in [-0.05, 0) is 24.6 Å². The molecule has 0 saturated carbocycles. The van der Waals surface area contributed by atoms with Crippen LogP contribution < -0.4 is 4.90 Å². The zero-order valence-electron chi connectivity index (χ0n) is 15.3. The number of rotatable bonds is 4. The molecule has 1 N–H and O–H groups in total. The minimum Gasteiger partial charge on any atom is -0.338 e. The molecular weight excluding hydrogens is 380 g/mol. The summed E-state index contributed by atoms with van der Waals surface area (Å²) in [4.78, 5) is 18.0. The average Bonchev–Trinajstić information content (AvgIpc) is 3.15. The molecule has 1 aliphatic heterocycles. The van der Waals surface area contributed by atoms with Gasteiger partial charge in [-0.15, -0.1) is 11.3 Å². The molecule has 3 heterocycles. The molecule has 2 atom stereocenters. The fourth-order valence-electron chi connectivity index (χ4n) is 3.33. The van der Waals surface area contributed by atoms with E-state index in [1.165, 1.54) is 28.9 Å². The zero-order valence-corrected chi connectivity index (χ0v) is 17.0. The Hall–Kier alpha value is -2.10. The summed E-state index contributed by atoms with van der Waals surface area (Å²) in [5.41, 5.74) is 4.25. The van der Waals surface area contributed by atoms with Crippen molar-refractivity contribution in [3.63, 3.8) is 0 Å². The molecule has 3 aromatic rings. The van der Waals surface area contributed by atoms with Gasteiger partial charge in [-0.2, -0.15) is 0 Å². The summed E-state index contributed by atoms with van der Waals surface area (Å²) >= 11 is 1.67. The van der Waals surface area contributed by atoms with Crippen molar-refractivity contribution in [1.82, 2.24) is 19.9 Å². The lowest BCUT2D eigenvalue weighted by atomic mass is 10.1. The molecule has 0 bridgehead atoms. The maximum absolute atomic E-state index is 11.8. The molecule has 0 radical (unpaired) electrons. The fraction of sp³-hybridized carbons (Fsp3) is 0.389. The van der Waals surface area contributed by atoms with E-state index in [4.69, 9.17) is 4.78 Å². The molecule has 9 heteroatoms. The van der Waals surface area contributed by atoms with Gasteiger partial charge in [0.2, 0.25) is 5.95 Å². The molecule has 1 unspecified atom stereocenters. The Morgan fingerprint density at radius 2 is 1.85 bits per heavy atom. The Morgan fingerprint density at radius 1 is 1.15 bits per heavy atom. The van der Waals surface area contributed by atoms with Crippen LogP contribution in [0.5, 0.6) is 0 Å². The van der Waals surface area contributed by atoms with E-state index >= 15 is 0 Å². The standard InChI is InChI=1S/C18H22N6OS2/c1-13(14-3-4-17-16(9-14)22-12-26-17)23-5-7-24(8-6-23)18-20-10-15(11-21-18)27(2,19)25/h3-4,9-13,19H,5-8H2,1-2H3/t13?,27-/m0/s1. The number of fused-ring (bicyclic) bond motifs is 1. The average molecular weight is 403 g/mol. The molecule has 1 saturated heterocycles. The van der Waals surface area contributed by atoms with Crippen molar-refractivity contribution in [2.24, 2.45) is 0 Å². The summed E-state index contributed by atoms with van der Waals surface area (Å²) in [5, 5.41) is 0. The van der Waals surface area contributed by atoms with Crippen LogP contribution in [0, 0.1) is 4.78 Å². The molecule has 1 aliphatic rings. The molecule has 0 aliphatic carbocycles. The second-order valence-electron chi connectivity index (χ2n) is 6.84. The second kappa shape index (κ2) is 7.14. The normalized spacial score (nSPS) is 19.1. The van der Waals surface area contributed by atoms with Gasteiger partial charge in [0.15, 0.2) is 0 Å². The smallest absolute Gasteiger partial charge is 0.225 e. The molecule has 7 nitrogen and oxygen atoms in total. The Labute approximate surface area is 163 Å². The van der Waals surface area contributed by atoms with Crippen LogP contribution in [0.1, 0.15) is 18.5 Å². The van der Waals surface area contributed by atoms with Crippen molar-refractivity contribution in [2.75, 3.05) is 37.3 Å². The quantitative estimate of drug-likeness (QED) is 0.722. The number of benzene rings is 1. The Balaban J connectivity index is 1.42. The van der Waals surface area contributed by atoms with Crippen LogP contribution in [0.3, 0.4) is 0 Å². The first-order valence-corrected chi connectivity index (χ1v) is 11.6.